The predicted molar refractivity (Wildman–Crippen MR) is 66.8 cm³/mol. The molecule has 0 unspecified atom stereocenters. The topological polar surface area (TPSA) is 66.0 Å². The Morgan fingerprint density at radius 1 is 1.33 bits per heavy atom. The Morgan fingerprint density at radius 3 is 2.94 bits per heavy atom. The van der Waals surface area contributed by atoms with Crippen molar-refractivity contribution < 1.29 is 9.21 Å². The van der Waals surface area contributed by atoms with E-state index in [1.165, 1.54) is 0 Å². The van der Waals surface area contributed by atoms with Gasteiger partial charge in [-0.05, 0) is 30.3 Å². The maximum absolute atomic E-state index is 11.7. The summed E-state index contributed by atoms with van der Waals surface area (Å²) in [6.45, 7) is 0. The van der Waals surface area contributed by atoms with Gasteiger partial charge in [-0.1, -0.05) is 6.07 Å². The molecule has 1 aromatic carbocycles. The highest BCUT2D eigenvalue weighted by Crippen LogP contribution is 2.11. The van der Waals surface area contributed by atoms with Crippen molar-refractivity contribution in [1.82, 2.24) is 0 Å². The number of amides is 1. The van der Waals surface area contributed by atoms with Crippen LogP contribution in [0.25, 0.3) is 0 Å². The first-order valence-electron chi connectivity index (χ1n) is 5.60. The number of nitriles is 1. The van der Waals surface area contributed by atoms with Crippen LogP contribution in [0.15, 0.2) is 47.1 Å². The van der Waals surface area contributed by atoms with E-state index in [1.54, 1.807) is 36.6 Å². The first-order chi connectivity index (χ1) is 8.78. The minimum Gasteiger partial charge on any atom is -0.469 e. The molecule has 4 heteroatoms. The molecule has 4 nitrogen and oxygen atoms in total. The first-order valence-corrected chi connectivity index (χ1v) is 5.60. The molecule has 0 atom stereocenters. The van der Waals surface area contributed by atoms with Crippen molar-refractivity contribution in [2.24, 2.45) is 0 Å². The Hall–Kier alpha value is -2.54. The SMILES string of the molecule is N#Cc1cccc(NC(=O)CCc2ccco2)c1. The molecule has 0 spiro atoms. The molecule has 1 aromatic heterocycles. The predicted octanol–water partition coefficient (Wildman–Crippen LogP) is 2.72. The molecule has 0 bridgehead atoms. The lowest BCUT2D eigenvalue weighted by molar-refractivity contribution is -0.116. The molecule has 18 heavy (non-hydrogen) atoms. The average Bonchev–Trinajstić information content (AvgIpc) is 2.90. The minimum atomic E-state index is -0.0958. The van der Waals surface area contributed by atoms with E-state index in [1.807, 2.05) is 12.1 Å². The molecule has 0 aliphatic heterocycles. The Labute approximate surface area is 105 Å². The van der Waals surface area contributed by atoms with Crippen molar-refractivity contribution in [3.05, 3.63) is 54.0 Å². The highest BCUT2D eigenvalue weighted by atomic mass is 16.3. The maximum atomic E-state index is 11.7. The summed E-state index contributed by atoms with van der Waals surface area (Å²) >= 11 is 0. The van der Waals surface area contributed by atoms with Gasteiger partial charge in [-0.3, -0.25) is 4.79 Å². The number of hydrogen-bond acceptors (Lipinski definition) is 3. The molecule has 1 heterocycles. The number of nitrogens with one attached hydrogen (secondary N) is 1. The third-order valence-corrected chi connectivity index (χ3v) is 2.45. The van der Waals surface area contributed by atoms with Crippen LogP contribution in [-0.4, -0.2) is 5.91 Å². The number of rotatable bonds is 4. The van der Waals surface area contributed by atoms with Crippen molar-refractivity contribution in [1.29, 1.82) is 5.26 Å². The lowest BCUT2D eigenvalue weighted by Crippen LogP contribution is -2.12. The molecular weight excluding hydrogens is 228 g/mol. The van der Waals surface area contributed by atoms with Gasteiger partial charge in [-0.2, -0.15) is 5.26 Å². The maximum Gasteiger partial charge on any atom is 0.224 e. The third kappa shape index (κ3) is 3.22. The van der Waals surface area contributed by atoms with Gasteiger partial charge in [-0.25, -0.2) is 0 Å². The Morgan fingerprint density at radius 2 is 2.22 bits per heavy atom. The van der Waals surface area contributed by atoms with E-state index >= 15 is 0 Å². The summed E-state index contributed by atoms with van der Waals surface area (Å²) in [6, 6.07) is 12.5. The number of carbonyl (C=O) groups excluding carboxylic acids is 1. The van der Waals surface area contributed by atoms with Crippen molar-refractivity contribution in [2.75, 3.05) is 5.32 Å². The van der Waals surface area contributed by atoms with Crippen LogP contribution in [0.1, 0.15) is 17.7 Å². The summed E-state index contributed by atoms with van der Waals surface area (Å²) in [7, 11) is 0. The molecule has 1 amide bonds. The zero-order valence-corrected chi connectivity index (χ0v) is 9.72. The monoisotopic (exact) mass is 240 g/mol. The normalized spacial score (nSPS) is 9.72. The number of anilines is 1. The van der Waals surface area contributed by atoms with Gasteiger partial charge in [0.05, 0.1) is 17.9 Å². The fourth-order valence-corrected chi connectivity index (χ4v) is 1.58. The number of aryl methyl sites for hydroxylation is 1. The van der Waals surface area contributed by atoms with Gasteiger partial charge in [0, 0.05) is 18.5 Å². The van der Waals surface area contributed by atoms with E-state index in [4.69, 9.17) is 9.68 Å². The van der Waals surface area contributed by atoms with Crippen LogP contribution in [0.4, 0.5) is 5.69 Å². The summed E-state index contributed by atoms with van der Waals surface area (Å²) in [4.78, 5) is 11.7. The molecule has 0 radical (unpaired) electrons. The van der Waals surface area contributed by atoms with Gasteiger partial charge in [-0.15, -0.1) is 0 Å². The largest absolute Gasteiger partial charge is 0.469 e. The van der Waals surface area contributed by atoms with Crippen molar-refractivity contribution in [3.63, 3.8) is 0 Å². The van der Waals surface area contributed by atoms with E-state index in [0.717, 1.165) is 5.76 Å². The van der Waals surface area contributed by atoms with Crippen LogP contribution >= 0.6 is 0 Å². The van der Waals surface area contributed by atoms with Crippen LogP contribution in [0.2, 0.25) is 0 Å². The van der Waals surface area contributed by atoms with Crippen LogP contribution in [0.3, 0.4) is 0 Å². The highest BCUT2D eigenvalue weighted by Gasteiger charge is 2.05. The first kappa shape index (κ1) is 11.9. The summed E-state index contributed by atoms with van der Waals surface area (Å²) in [6.07, 6.45) is 2.50. The number of benzene rings is 1. The molecular formula is C14H12N2O2. The zero-order chi connectivity index (χ0) is 12.8. The fraction of sp³-hybridized carbons (Fsp3) is 0.143. The molecule has 0 aliphatic rings. The molecule has 90 valence electrons. The van der Waals surface area contributed by atoms with Crippen molar-refractivity contribution in [3.8, 4) is 6.07 Å². The van der Waals surface area contributed by atoms with Crippen molar-refractivity contribution in [2.45, 2.75) is 12.8 Å². The van der Waals surface area contributed by atoms with E-state index in [0.29, 0.717) is 24.1 Å². The Kier molecular flexibility index (Phi) is 3.77. The van der Waals surface area contributed by atoms with Crippen LogP contribution in [0, 0.1) is 11.3 Å². The molecule has 2 rings (SSSR count). The van der Waals surface area contributed by atoms with Gasteiger partial charge in [0.15, 0.2) is 0 Å². The number of nitrogens with zero attached hydrogens (tertiary/aromatic N) is 1. The second-order valence-electron chi connectivity index (χ2n) is 3.82. The third-order valence-electron chi connectivity index (χ3n) is 2.45. The van der Waals surface area contributed by atoms with E-state index in [2.05, 4.69) is 5.32 Å². The molecule has 0 saturated heterocycles. The summed E-state index contributed by atoms with van der Waals surface area (Å²) in [5, 5.41) is 11.5. The quantitative estimate of drug-likeness (QED) is 0.893. The van der Waals surface area contributed by atoms with Crippen molar-refractivity contribution >= 4 is 11.6 Å². The molecule has 0 saturated carbocycles. The lowest BCUT2D eigenvalue weighted by atomic mass is 10.2. The van der Waals surface area contributed by atoms with Gasteiger partial charge in [0.25, 0.3) is 0 Å². The number of hydrogen-bond donors (Lipinski definition) is 1. The van der Waals surface area contributed by atoms with Gasteiger partial charge >= 0.3 is 0 Å². The van der Waals surface area contributed by atoms with Crippen LogP contribution in [0.5, 0.6) is 0 Å². The van der Waals surface area contributed by atoms with E-state index in [-0.39, 0.29) is 5.91 Å². The van der Waals surface area contributed by atoms with E-state index in [9.17, 15) is 4.79 Å². The van der Waals surface area contributed by atoms with Gasteiger partial charge in [0.2, 0.25) is 5.91 Å². The lowest BCUT2D eigenvalue weighted by Gasteiger charge is -2.04. The highest BCUT2D eigenvalue weighted by molar-refractivity contribution is 5.90. The smallest absolute Gasteiger partial charge is 0.224 e. The molecule has 0 aliphatic carbocycles. The molecule has 2 aromatic rings. The summed E-state index contributed by atoms with van der Waals surface area (Å²) in [5.41, 5.74) is 1.16. The Balaban J connectivity index is 1.89. The zero-order valence-electron chi connectivity index (χ0n) is 9.72. The fourth-order valence-electron chi connectivity index (χ4n) is 1.58. The number of furan rings is 1. The van der Waals surface area contributed by atoms with Gasteiger partial charge in [0.1, 0.15) is 5.76 Å². The standard InChI is InChI=1S/C14H12N2O2/c15-10-11-3-1-4-12(9-11)16-14(17)7-6-13-5-2-8-18-13/h1-5,8-9H,6-7H2,(H,16,17). The minimum absolute atomic E-state index is 0.0958. The second kappa shape index (κ2) is 5.69. The van der Waals surface area contributed by atoms with Crippen LogP contribution in [-0.2, 0) is 11.2 Å². The summed E-state index contributed by atoms with van der Waals surface area (Å²) in [5.74, 6) is 0.692. The summed E-state index contributed by atoms with van der Waals surface area (Å²) < 4.78 is 5.15. The number of carbonyl (C=O) groups is 1. The van der Waals surface area contributed by atoms with Crippen LogP contribution < -0.4 is 5.32 Å². The van der Waals surface area contributed by atoms with E-state index < -0.39 is 0 Å². The molecule has 1 N–H and O–H groups in total. The van der Waals surface area contributed by atoms with Gasteiger partial charge < -0.3 is 9.73 Å². The second-order valence-corrected chi connectivity index (χ2v) is 3.82. The molecule has 0 fully saturated rings. The average molecular weight is 240 g/mol. The Bertz CT molecular complexity index is 568.